The Bertz CT molecular complexity index is 1250. The number of nitrogens with one attached hydrogen (secondary N) is 2. The maximum absolute atomic E-state index is 13.4. The van der Waals surface area contributed by atoms with Crippen LogP contribution in [-0.2, 0) is 30.8 Å². The molecule has 0 heterocycles. The SMILES string of the molecule is CCCN(CCC)S(=O)(=O)c1ccc(NC(=O)[C@H](CCc2ccccc2)NC(=O)[C@@H](N)CC(=O)N(CCN)CCN)cc1. The maximum Gasteiger partial charge on any atom is 0.246 e. The molecule has 0 saturated carbocycles. The topological polar surface area (TPSA) is 194 Å². The smallest absolute Gasteiger partial charge is 0.246 e. The molecule has 8 N–H and O–H groups in total. The first-order chi connectivity index (χ1) is 20.6. The number of benzene rings is 2. The van der Waals surface area contributed by atoms with Crippen molar-refractivity contribution in [2.45, 2.75) is 62.9 Å². The minimum Gasteiger partial charge on any atom is -0.343 e. The number of hydrogen-bond donors (Lipinski definition) is 5. The first-order valence-corrected chi connectivity index (χ1v) is 16.2. The van der Waals surface area contributed by atoms with Crippen LogP contribution < -0.4 is 27.8 Å². The third-order valence-electron chi connectivity index (χ3n) is 6.79. The Kier molecular flexibility index (Phi) is 15.3. The highest BCUT2D eigenvalue weighted by atomic mass is 32.2. The number of hydrogen-bond acceptors (Lipinski definition) is 8. The maximum atomic E-state index is 13.4. The Morgan fingerprint density at radius 3 is 1.95 bits per heavy atom. The fourth-order valence-electron chi connectivity index (χ4n) is 4.53. The van der Waals surface area contributed by atoms with E-state index in [0.29, 0.717) is 51.1 Å². The molecule has 2 atom stereocenters. The van der Waals surface area contributed by atoms with Crippen LogP contribution in [0.3, 0.4) is 0 Å². The number of rotatable bonds is 19. The molecule has 2 aromatic carbocycles. The van der Waals surface area contributed by atoms with Crippen LogP contribution in [0.5, 0.6) is 0 Å². The van der Waals surface area contributed by atoms with E-state index in [1.165, 1.54) is 33.5 Å². The monoisotopic (exact) mass is 617 g/mol. The first kappa shape index (κ1) is 35.8. The fourth-order valence-corrected chi connectivity index (χ4v) is 6.15. The number of anilines is 1. The summed E-state index contributed by atoms with van der Waals surface area (Å²) in [5, 5.41) is 5.46. The highest BCUT2D eigenvalue weighted by Crippen LogP contribution is 2.20. The number of carbonyl (C=O) groups is 3. The van der Waals surface area contributed by atoms with E-state index in [1.807, 2.05) is 44.2 Å². The zero-order chi connectivity index (χ0) is 31.8. The van der Waals surface area contributed by atoms with Crippen LogP contribution >= 0.6 is 0 Å². The van der Waals surface area contributed by atoms with Crippen molar-refractivity contribution in [1.82, 2.24) is 14.5 Å². The van der Waals surface area contributed by atoms with Crippen molar-refractivity contribution in [1.29, 1.82) is 0 Å². The van der Waals surface area contributed by atoms with E-state index in [1.54, 1.807) is 0 Å². The minimum absolute atomic E-state index is 0.135. The van der Waals surface area contributed by atoms with Gasteiger partial charge in [-0.05, 0) is 55.5 Å². The first-order valence-electron chi connectivity index (χ1n) is 14.8. The molecule has 13 heteroatoms. The number of sulfonamides is 1. The van der Waals surface area contributed by atoms with Crippen molar-refractivity contribution in [3.63, 3.8) is 0 Å². The lowest BCUT2D eigenvalue weighted by molar-refractivity contribution is -0.134. The number of nitrogens with zero attached hydrogens (tertiary/aromatic N) is 2. The Morgan fingerprint density at radius 2 is 1.42 bits per heavy atom. The second kappa shape index (κ2) is 18.3. The van der Waals surface area contributed by atoms with Crippen LogP contribution in [0.25, 0.3) is 0 Å². The zero-order valence-electron chi connectivity index (χ0n) is 25.2. The van der Waals surface area contributed by atoms with Crippen molar-refractivity contribution in [2.24, 2.45) is 17.2 Å². The van der Waals surface area contributed by atoms with Gasteiger partial charge in [0.05, 0.1) is 17.4 Å². The highest BCUT2D eigenvalue weighted by Gasteiger charge is 2.27. The third-order valence-corrected chi connectivity index (χ3v) is 8.70. The molecular formula is C30H47N7O5S. The average Bonchev–Trinajstić information content (AvgIpc) is 2.99. The van der Waals surface area contributed by atoms with Gasteiger partial charge in [-0.25, -0.2) is 8.42 Å². The molecule has 0 bridgehead atoms. The molecule has 0 aliphatic carbocycles. The molecule has 0 unspecified atom stereocenters. The van der Waals surface area contributed by atoms with E-state index in [4.69, 9.17) is 17.2 Å². The highest BCUT2D eigenvalue weighted by molar-refractivity contribution is 7.89. The fraction of sp³-hybridized carbons (Fsp3) is 0.500. The molecule has 238 valence electrons. The number of carbonyl (C=O) groups excluding carboxylic acids is 3. The molecule has 0 aliphatic rings. The summed E-state index contributed by atoms with van der Waals surface area (Å²) in [5.41, 5.74) is 18.6. The molecule has 2 aromatic rings. The minimum atomic E-state index is -3.67. The lowest BCUT2D eigenvalue weighted by Crippen LogP contribution is -2.52. The van der Waals surface area contributed by atoms with Crippen LogP contribution in [-0.4, -0.2) is 86.7 Å². The summed E-state index contributed by atoms with van der Waals surface area (Å²) in [4.78, 5) is 40.6. The van der Waals surface area contributed by atoms with E-state index in [2.05, 4.69) is 10.6 Å². The van der Waals surface area contributed by atoms with Gasteiger partial charge in [0.25, 0.3) is 0 Å². The molecule has 0 fully saturated rings. The van der Waals surface area contributed by atoms with Crippen LogP contribution in [0.15, 0.2) is 59.5 Å². The van der Waals surface area contributed by atoms with Crippen LogP contribution in [0.2, 0.25) is 0 Å². The standard InChI is InChI=1S/C30H47N7O5S/c1-3-18-37(19-4-2)43(41,42)25-13-11-24(12-14-25)34-30(40)27(15-10-23-8-6-5-7-9-23)35-29(39)26(33)22-28(38)36(20-16-31)21-17-32/h5-9,11-14,26-27H,3-4,10,15-22,31-33H2,1-2H3,(H,34,40)(H,35,39)/t26-,27-/m0/s1. The molecule has 0 aliphatic heterocycles. The third kappa shape index (κ3) is 11.3. The van der Waals surface area contributed by atoms with Gasteiger partial charge in [-0.2, -0.15) is 4.31 Å². The van der Waals surface area contributed by atoms with Crippen molar-refractivity contribution >= 4 is 33.4 Å². The zero-order valence-corrected chi connectivity index (χ0v) is 26.0. The second-order valence-corrected chi connectivity index (χ2v) is 12.2. The number of aryl methyl sites for hydroxylation is 1. The lowest BCUT2D eigenvalue weighted by atomic mass is 10.0. The molecule has 12 nitrogen and oxygen atoms in total. The second-order valence-electron chi connectivity index (χ2n) is 10.3. The quantitative estimate of drug-likeness (QED) is 0.154. The molecular weight excluding hydrogens is 570 g/mol. The Hall–Kier alpha value is -3.36. The van der Waals surface area contributed by atoms with E-state index in [-0.39, 0.29) is 36.7 Å². The van der Waals surface area contributed by atoms with Gasteiger partial charge in [0, 0.05) is 45.0 Å². The van der Waals surface area contributed by atoms with Gasteiger partial charge in [0.15, 0.2) is 0 Å². The molecule has 0 saturated heterocycles. The largest absolute Gasteiger partial charge is 0.343 e. The predicted molar refractivity (Wildman–Crippen MR) is 168 cm³/mol. The van der Waals surface area contributed by atoms with E-state index >= 15 is 0 Å². The summed E-state index contributed by atoms with van der Waals surface area (Å²) in [5.74, 6) is -1.49. The van der Waals surface area contributed by atoms with Crippen molar-refractivity contribution in [3.8, 4) is 0 Å². The van der Waals surface area contributed by atoms with E-state index < -0.39 is 33.9 Å². The summed E-state index contributed by atoms with van der Waals surface area (Å²) in [6.07, 6.45) is 1.89. The lowest BCUT2D eigenvalue weighted by Gasteiger charge is -2.24. The van der Waals surface area contributed by atoms with Crippen LogP contribution in [0.4, 0.5) is 5.69 Å². The average molecular weight is 618 g/mol. The van der Waals surface area contributed by atoms with Gasteiger partial charge < -0.3 is 32.7 Å². The molecule has 3 amide bonds. The molecule has 0 spiro atoms. The van der Waals surface area contributed by atoms with Gasteiger partial charge >= 0.3 is 0 Å². The molecule has 0 radical (unpaired) electrons. The van der Waals surface area contributed by atoms with E-state index in [9.17, 15) is 22.8 Å². The van der Waals surface area contributed by atoms with E-state index in [0.717, 1.165) is 5.56 Å². The summed E-state index contributed by atoms with van der Waals surface area (Å²) in [6, 6.07) is 13.3. The number of amides is 3. The van der Waals surface area contributed by atoms with Gasteiger partial charge in [0.2, 0.25) is 27.7 Å². The summed E-state index contributed by atoms with van der Waals surface area (Å²) in [7, 11) is -3.67. The van der Waals surface area contributed by atoms with Gasteiger partial charge in [-0.15, -0.1) is 0 Å². The van der Waals surface area contributed by atoms with Crippen molar-refractivity contribution in [2.75, 3.05) is 44.6 Å². The van der Waals surface area contributed by atoms with Crippen LogP contribution in [0.1, 0.15) is 45.1 Å². The molecule has 0 aromatic heterocycles. The normalized spacial score (nSPS) is 12.9. The Morgan fingerprint density at radius 1 is 0.837 bits per heavy atom. The van der Waals surface area contributed by atoms with Crippen LogP contribution in [0, 0.1) is 0 Å². The number of nitrogens with two attached hydrogens (primary N) is 3. The van der Waals surface area contributed by atoms with Gasteiger partial charge in [-0.1, -0.05) is 44.2 Å². The van der Waals surface area contributed by atoms with Gasteiger partial charge in [-0.3, -0.25) is 14.4 Å². The summed E-state index contributed by atoms with van der Waals surface area (Å²) in [6.45, 7) is 5.77. The van der Waals surface area contributed by atoms with Gasteiger partial charge in [0.1, 0.15) is 6.04 Å². The Balaban J connectivity index is 2.16. The summed E-state index contributed by atoms with van der Waals surface area (Å²) >= 11 is 0. The molecule has 2 rings (SSSR count). The molecule has 43 heavy (non-hydrogen) atoms. The summed E-state index contributed by atoms with van der Waals surface area (Å²) < 4.78 is 27.6. The predicted octanol–water partition coefficient (Wildman–Crippen LogP) is 1.02. The van der Waals surface area contributed by atoms with Crippen molar-refractivity contribution in [3.05, 3.63) is 60.2 Å². The van der Waals surface area contributed by atoms with Crippen molar-refractivity contribution < 1.29 is 22.8 Å². The Labute approximate surface area is 255 Å².